The molecule has 0 bridgehead atoms. The fourth-order valence-corrected chi connectivity index (χ4v) is 2.80. The van der Waals surface area contributed by atoms with Gasteiger partial charge in [-0.05, 0) is 60.9 Å². The van der Waals surface area contributed by atoms with Crippen molar-refractivity contribution in [1.82, 2.24) is 0 Å². The third kappa shape index (κ3) is 6.82. The number of ether oxygens (including phenoxy) is 2. The minimum atomic E-state index is -0.616. The van der Waals surface area contributed by atoms with Crippen LogP contribution in [0.3, 0.4) is 0 Å². The van der Waals surface area contributed by atoms with Crippen LogP contribution in [-0.2, 0) is 14.3 Å². The number of hydrogen-bond acceptors (Lipinski definition) is 5. The monoisotopic (exact) mass is 392 g/mol. The predicted molar refractivity (Wildman–Crippen MR) is 111 cm³/mol. The average molecular weight is 392 g/mol. The first-order valence-corrected chi connectivity index (χ1v) is 9.17. The van der Waals surface area contributed by atoms with Gasteiger partial charge in [0.05, 0.1) is 19.6 Å². The minimum absolute atomic E-state index is 0.185. The molecule has 0 saturated carbocycles. The van der Waals surface area contributed by atoms with Crippen molar-refractivity contribution in [1.29, 1.82) is 5.26 Å². The summed E-state index contributed by atoms with van der Waals surface area (Å²) in [4.78, 5) is 26.1. The lowest BCUT2D eigenvalue weighted by Gasteiger charge is -2.22. The molecule has 0 spiro atoms. The summed E-state index contributed by atoms with van der Waals surface area (Å²) in [6.07, 6.45) is 3.05. The van der Waals surface area contributed by atoms with E-state index in [9.17, 15) is 9.59 Å². The Balaban J connectivity index is 2.00. The topological polar surface area (TPSA) is 79.6 Å². The Hall–Kier alpha value is -3.59. The highest BCUT2D eigenvalue weighted by Crippen LogP contribution is 2.19. The van der Waals surface area contributed by atoms with Crippen LogP contribution in [0, 0.1) is 25.2 Å². The summed E-state index contributed by atoms with van der Waals surface area (Å²) >= 11 is 0. The molecule has 0 unspecified atom stereocenters. The summed E-state index contributed by atoms with van der Waals surface area (Å²) in [5.41, 5.74) is 3.51. The zero-order valence-electron chi connectivity index (χ0n) is 16.8. The lowest BCUT2D eigenvalue weighted by Crippen LogP contribution is -2.35. The van der Waals surface area contributed by atoms with Gasteiger partial charge in [0.1, 0.15) is 5.75 Å². The first kappa shape index (κ1) is 21.7. The summed E-state index contributed by atoms with van der Waals surface area (Å²) in [5, 5.41) is 8.89. The fourth-order valence-electron chi connectivity index (χ4n) is 2.80. The zero-order valence-corrected chi connectivity index (χ0v) is 16.8. The molecule has 0 fully saturated rings. The molecule has 0 aliphatic rings. The van der Waals surface area contributed by atoms with Crippen LogP contribution in [-0.4, -0.2) is 32.1 Å². The molecule has 6 nitrogen and oxygen atoms in total. The van der Waals surface area contributed by atoms with E-state index in [4.69, 9.17) is 14.7 Å². The number of carbonyl (C=O) groups excluding carboxylic acids is 2. The van der Waals surface area contributed by atoms with Crippen LogP contribution < -0.4 is 9.64 Å². The lowest BCUT2D eigenvalue weighted by molar-refractivity contribution is -0.142. The van der Waals surface area contributed by atoms with E-state index in [1.807, 2.05) is 38.1 Å². The van der Waals surface area contributed by atoms with Crippen LogP contribution in [0.2, 0.25) is 0 Å². The summed E-state index contributed by atoms with van der Waals surface area (Å²) < 4.78 is 10.2. The van der Waals surface area contributed by atoms with Crippen molar-refractivity contribution in [2.24, 2.45) is 0 Å². The summed E-state index contributed by atoms with van der Waals surface area (Å²) in [6.45, 7) is 3.71. The van der Waals surface area contributed by atoms with Gasteiger partial charge >= 0.3 is 5.97 Å². The van der Waals surface area contributed by atoms with Crippen LogP contribution >= 0.6 is 0 Å². The van der Waals surface area contributed by atoms with Gasteiger partial charge in [0.25, 0.3) is 5.91 Å². The molecule has 0 atom stereocenters. The maximum Gasteiger partial charge on any atom is 0.331 e. The molecule has 2 rings (SSSR count). The van der Waals surface area contributed by atoms with Crippen molar-refractivity contribution >= 4 is 23.6 Å². The van der Waals surface area contributed by atoms with Crippen molar-refractivity contribution < 1.29 is 19.1 Å². The molecule has 0 aliphatic heterocycles. The molecule has 150 valence electrons. The number of carbonyl (C=O) groups is 2. The quantitative estimate of drug-likeness (QED) is 0.504. The van der Waals surface area contributed by atoms with Gasteiger partial charge in [-0.2, -0.15) is 5.26 Å². The van der Waals surface area contributed by atoms with E-state index in [1.54, 1.807) is 37.5 Å². The Labute approximate surface area is 171 Å². The van der Waals surface area contributed by atoms with E-state index in [2.05, 4.69) is 0 Å². The molecule has 0 aromatic heterocycles. The van der Waals surface area contributed by atoms with Crippen LogP contribution in [0.25, 0.3) is 6.08 Å². The normalized spacial score (nSPS) is 10.4. The van der Waals surface area contributed by atoms with Gasteiger partial charge < -0.3 is 14.4 Å². The minimum Gasteiger partial charge on any atom is -0.497 e. The molecule has 0 aliphatic carbocycles. The van der Waals surface area contributed by atoms with Gasteiger partial charge in [-0.3, -0.25) is 4.79 Å². The molecule has 1 amide bonds. The Kier molecular flexibility index (Phi) is 7.99. The SMILES string of the molecule is COc1ccc(/C=C/C(=O)OCC(=O)N(CCC#N)c2cc(C)cc(C)c2)cc1. The second-order valence-corrected chi connectivity index (χ2v) is 6.51. The second kappa shape index (κ2) is 10.7. The summed E-state index contributed by atoms with van der Waals surface area (Å²) in [5.74, 6) is -0.273. The van der Waals surface area contributed by atoms with Crippen LogP contribution in [0.5, 0.6) is 5.75 Å². The van der Waals surface area contributed by atoms with Gasteiger partial charge in [0.15, 0.2) is 6.61 Å². The van der Waals surface area contributed by atoms with Crippen molar-refractivity contribution in [2.45, 2.75) is 20.3 Å². The number of methoxy groups -OCH3 is 1. The van der Waals surface area contributed by atoms with Gasteiger partial charge in [-0.15, -0.1) is 0 Å². The van der Waals surface area contributed by atoms with Crippen molar-refractivity contribution in [3.8, 4) is 11.8 Å². The molecule has 2 aromatic carbocycles. The smallest absolute Gasteiger partial charge is 0.331 e. The third-order valence-corrected chi connectivity index (χ3v) is 4.13. The number of hydrogen-bond donors (Lipinski definition) is 0. The van der Waals surface area contributed by atoms with E-state index >= 15 is 0 Å². The Bertz CT molecular complexity index is 907. The number of rotatable bonds is 8. The molecule has 2 aromatic rings. The van der Waals surface area contributed by atoms with Crippen LogP contribution in [0.4, 0.5) is 5.69 Å². The molecule has 0 heterocycles. The molecule has 29 heavy (non-hydrogen) atoms. The largest absolute Gasteiger partial charge is 0.497 e. The summed E-state index contributed by atoms with van der Waals surface area (Å²) in [6, 6.07) is 15.0. The number of nitriles is 1. The Morgan fingerprint density at radius 1 is 1.10 bits per heavy atom. The number of esters is 1. The van der Waals surface area contributed by atoms with E-state index in [-0.39, 0.29) is 18.9 Å². The maximum absolute atomic E-state index is 12.6. The van der Waals surface area contributed by atoms with Gasteiger partial charge in [0, 0.05) is 18.3 Å². The van der Waals surface area contributed by atoms with Crippen LogP contribution in [0.15, 0.2) is 48.5 Å². The fraction of sp³-hybridized carbons (Fsp3) is 0.261. The summed E-state index contributed by atoms with van der Waals surface area (Å²) in [7, 11) is 1.58. The predicted octanol–water partition coefficient (Wildman–Crippen LogP) is 3.82. The van der Waals surface area contributed by atoms with E-state index in [0.29, 0.717) is 5.69 Å². The highest BCUT2D eigenvalue weighted by molar-refractivity contribution is 5.96. The Morgan fingerprint density at radius 3 is 2.34 bits per heavy atom. The second-order valence-electron chi connectivity index (χ2n) is 6.51. The zero-order chi connectivity index (χ0) is 21.2. The standard InChI is InChI=1S/C23H24N2O4/c1-17-13-18(2)15-20(14-17)25(12-4-11-24)22(26)16-29-23(27)10-7-19-5-8-21(28-3)9-6-19/h5-10,13-15H,4,12,16H2,1-3H3/b10-7+. The van der Waals surface area contributed by atoms with Crippen molar-refractivity contribution in [2.75, 3.05) is 25.2 Å². The van der Waals surface area contributed by atoms with E-state index in [1.165, 1.54) is 11.0 Å². The molecule has 0 N–H and O–H groups in total. The maximum atomic E-state index is 12.6. The number of aryl methyl sites for hydroxylation is 2. The van der Waals surface area contributed by atoms with E-state index in [0.717, 1.165) is 22.4 Å². The highest BCUT2D eigenvalue weighted by atomic mass is 16.5. The molecule has 6 heteroatoms. The molecular weight excluding hydrogens is 368 g/mol. The molecular formula is C23H24N2O4. The van der Waals surface area contributed by atoms with Gasteiger partial charge in [0.2, 0.25) is 0 Å². The highest BCUT2D eigenvalue weighted by Gasteiger charge is 2.17. The average Bonchev–Trinajstić information content (AvgIpc) is 2.70. The number of nitrogens with zero attached hydrogens (tertiary/aromatic N) is 2. The molecule has 0 radical (unpaired) electrons. The molecule has 0 saturated heterocycles. The van der Waals surface area contributed by atoms with E-state index < -0.39 is 12.6 Å². The lowest BCUT2D eigenvalue weighted by atomic mass is 10.1. The van der Waals surface area contributed by atoms with Gasteiger partial charge in [-0.1, -0.05) is 18.2 Å². The van der Waals surface area contributed by atoms with Crippen molar-refractivity contribution in [3.63, 3.8) is 0 Å². The van der Waals surface area contributed by atoms with Crippen LogP contribution in [0.1, 0.15) is 23.1 Å². The number of anilines is 1. The van der Waals surface area contributed by atoms with Crippen molar-refractivity contribution in [3.05, 3.63) is 65.2 Å². The first-order valence-electron chi connectivity index (χ1n) is 9.17. The first-order chi connectivity index (χ1) is 13.9. The van der Waals surface area contributed by atoms with Gasteiger partial charge in [-0.25, -0.2) is 4.79 Å². The number of amides is 1. The number of benzene rings is 2. The Morgan fingerprint density at radius 2 is 1.76 bits per heavy atom. The third-order valence-electron chi connectivity index (χ3n) is 4.13.